The van der Waals surface area contributed by atoms with Crippen molar-refractivity contribution in [3.8, 4) is 17.2 Å². The maximum Gasteiger partial charge on any atom is 0.173 e. The zero-order valence-corrected chi connectivity index (χ0v) is 9.86. The van der Waals surface area contributed by atoms with Gasteiger partial charge < -0.3 is 14.2 Å². The molecule has 2 atom stereocenters. The van der Waals surface area contributed by atoms with Crippen LogP contribution in [0.2, 0.25) is 0 Å². The second-order valence-corrected chi connectivity index (χ2v) is 4.39. The highest BCUT2D eigenvalue weighted by Crippen LogP contribution is 2.51. The molecular weight excluding hydrogens is 220 g/mol. The quantitative estimate of drug-likeness (QED) is 0.784. The molecule has 1 aromatic carbocycles. The van der Waals surface area contributed by atoms with E-state index in [-0.39, 0.29) is 17.8 Å². The zero-order chi connectivity index (χ0) is 12.0. The fraction of sp³-hybridized carbons (Fsp3) is 0.462. The Balaban J connectivity index is 2.10. The number of rotatable bonds is 2. The minimum Gasteiger partial charge on any atom is -0.496 e. The maximum atomic E-state index is 11.7. The lowest BCUT2D eigenvalue weighted by molar-refractivity contribution is -0.122. The fourth-order valence-corrected chi connectivity index (χ4v) is 2.72. The van der Waals surface area contributed by atoms with Crippen LogP contribution in [-0.2, 0) is 4.79 Å². The fourth-order valence-electron chi connectivity index (χ4n) is 2.72. The van der Waals surface area contributed by atoms with Crippen LogP contribution in [0.1, 0.15) is 24.3 Å². The van der Waals surface area contributed by atoms with Crippen LogP contribution in [0.5, 0.6) is 17.2 Å². The smallest absolute Gasteiger partial charge is 0.173 e. The van der Waals surface area contributed by atoms with Crippen LogP contribution in [0.4, 0.5) is 0 Å². The van der Waals surface area contributed by atoms with Gasteiger partial charge >= 0.3 is 0 Å². The number of hydrogen-bond donors (Lipinski definition) is 0. The Hall–Kier alpha value is -1.71. The van der Waals surface area contributed by atoms with Crippen molar-refractivity contribution in [1.82, 2.24) is 0 Å². The number of ketones is 1. The molecule has 1 fully saturated rings. The highest BCUT2D eigenvalue weighted by Gasteiger charge is 2.45. The molecule has 1 aromatic rings. The van der Waals surface area contributed by atoms with Gasteiger partial charge in [-0.15, -0.1) is 0 Å². The molecule has 1 aliphatic heterocycles. The predicted octanol–water partition coefficient (Wildman–Crippen LogP) is 1.91. The van der Waals surface area contributed by atoms with Crippen molar-refractivity contribution in [2.24, 2.45) is 0 Å². The summed E-state index contributed by atoms with van der Waals surface area (Å²) in [4.78, 5) is 11.7. The average molecular weight is 234 g/mol. The first-order valence-corrected chi connectivity index (χ1v) is 5.70. The van der Waals surface area contributed by atoms with Crippen LogP contribution >= 0.6 is 0 Å². The van der Waals surface area contributed by atoms with Crippen molar-refractivity contribution < 1.29 is 19.0 Å². The molecule has 2 aliphatic rings. The third kappa shape index (κ3) is 1.40. The number of Topliss-reactive ketones (excluding diaryl/α,β-unsaturated/α-hetero) is 1. The first kappa shape index (κ1) is 10.4. The summed E-state index contributed by atoms with van der Waals surface area (Å²) < 4.78 is 16.3. The first-order valence-electron chi connectivity index (χ1n) is 5.70. The van der Waals surface area contributed by atoms with Gasteiger partial charge in [0.15, 0.2) is 11.9 Å². The SMILES string of the molecule is COc1cc(OC)c2c(c1)O[C@H]1C(=O)CC[C@@H]21. The second-order valence-electron chi connectivity index (χ2n) is 4.39. The van der Waals surface area contributed by atoms with Gasteiger partial charge in [0.1, 0.15) is 17.2 Å². The molecule has 0 unspecified atom stereocenters. The topological polar surface area (TPSA) is 44.8 Å². The van der Waals surface area contributed by atoms with Crippen LogP contribution < -0.4 is 14.2 Å². The number of benzene rings is 1. The molecule has 1 aliphatic carbocycles. The summed E-state index contributed by atoms with van der Waals surface area (Å²) in [6.07, 6.45) is 1.13. The molecule has 90 valence electrons. The van der Waals surface area contributed by atoms with Gasteiger partial charge in [0.05, 0.1) is 14.2 Å². The van der Waals surface area contributed by atoms with E-state index in [4.69, 9.17) is 14.2 Å². The van der Waals surface area contributed by atoms with Gasteiger partial charge in [0.2, 0.25) is 0 Å². The molecule has 1 heterocycles. The van der Waals surface area contributed by atoms with E-state index in [2.05, 4.69) is 0 Å². The molecule has 3 rings (SSSR count). The van der Waals surface area contributed by atoms with Crippen LogP contribution in [0.25, 0.3) is 0 Å². The average Bonchev–Trinajstić information content (AvgIpc) is 2.88. The Kier molecular flexibility index (Phi) is 2.24. The molecule has 0 bridgehead atoms. The molecule has 0 amide bonds. The molecule has 4 nitrogen and oxygen atoms in total. The summed E-state index contributed by atoms with van der Waals surface area (Å²) in [6, 6.07) is 3.66. The van der Waals surface area contributed by atoms with Gasteiger partial charge in [-0.3, -0.25) is 4.79 Å². The Morgan fingerprint density at radius 1 is 1.29 bits per heavy atom. The number of carbonyl (C=O) groups excluding carboxylic acids is 1. The Bertz CT molecular complexity index is 481. The van der Waals surface area contributed by atoms with Crippen molar-refractivity contribution in [1.29, 1.82) is 0 Å². The Morgan fingerprint density at radius 2 is 2.12 bits per heavy atom. The van der Waals surface area contributed by atoms with Crippen LogP contribution in [0.3, 0.4) is 0 Å². The molecule has 0 saturated heterocycles. The number of hydrogen-bond acceptors (Lipinski definition) is 4. The summed E-state index contributed by atoms with van der Waals surface area (Å²) in [6.45, 7) is 0. The van der Waals surface area contributed by atoms with Crippen LogP contribution in [0.15, 0.2) is 12.1 Å². The summed E-state index contributed by atoms with van der Waals surface area (Å²) >= 11 is 0. The molecule has 0 aromatic heterocycles. The number of fused-ring (bicyclic) bond motifs is 3. The van der Waals surface area contributed by atoms with E-state index >= 15 is 0 Å². The van der Waals surface area contributed by atoms with E-state index in [9.17, 15) is 4.79 Å². The van der Waals surface area contributed by atoms with Gasteiger partial charge in [-0.25, -0.2) is 0 Å². The van der Waals surface area contributed by atoms with E-state index in [1.165, 1.54) is 0 Å². The van der Waals surface area contributed by atoms with Gasteiger partial charge in [0, 0.05) is 30.0 Å². The lowest BCUT2D eigenvalue weighted by Crippen LogP contribution is -2.21. The van der Waals surface area contributed by atoms with Crippen molar-refractivity contribution in [3.63, 3.8) is 0 Å². The Morgan fingerprint density at radius 3 is 2.82 bits per heavy atom. The molecule has 0 spiro atoms. The van der Waals surface area contributed by atoms with E-state index in [1.54, 1.807) is 14.2 Å². The number of ether oxygens (including phenoxy) is 3. The third-order valence-corrected chi connectivity index (χ3v) is 3.54. The van der Waals surface area contributed by atoms with Crippen LogP contribution in [-0.4, -0.2) is 26.1 Å². The van der Waals surface area contributed by atoms with E-state index in [0.717, 1.165) is 23.5 Å². The lowest BCUT2D eigenvalue weighted by atomic mass is 9.96. The highest BCUT2D eigenvalue weighted by atomic mass is 16.5. The van der Waals surface area contributed by atoms with Crippen molar-refractivity contribution >= 4 is 5.78 Å². The standard InChI is InChI=1S/C13H14O4/c1-15-7-5-10(16-2)12-8-3-4-9(14)13(8)17-11(12)6-7/h5-6,8,13H,3-4H2,1-2H3/t8-,13+/m0/s1. The van der Waals surface area contributed by atoms with Gasteiger partial charge in [-0.1, -0.05) is 0 Å². The minimum absolute atomic E-state index is 0.151. The second kappa shape index (κ2) is 3.65. The summed E-state index contributed by atoms with van der Waals surface area (Å²) in [5.74, 6) is 2.50. The highest BCUT2D eigenvalue weighted by molar-refractivity contribution is 5.88. The van der Waals surface area contributed by atoms with E-state index < -0.39 is 0 Å². The van der Waals surface area contributed by atoms with Gasteiger partial charge in [-0.05, 0) is 6.42 Å². The zero-order valence-electron chi connectivity index (χ0n) is 9.86. The molecule has 4 heteroatoms. The molecule has 0 N–H and O–H groups in total. The number of carbonyl (C=O) groups is 1. The minimum atomic E-state index is -0.314. The van der Waals surface area contributed by atoms with Crippen LogP contribution in [0, 0.1) is 0 Å². The summed E-state index contributed by atoms with van der Waals surface area (Å²) in [5, 5.41) is 0. The lowest BCUT2D eigenvalue weighted by Gasteiger charge is -2.11. The van der Waals surface area contributed by atoms with Gasteiger partial charge in [0.25, 0.3) is 0 Å². The monoisotopic (exact) mass is 234 g/mol. The van der Waals surface area contributed by atoms with Crippen molar-refractivity contribution in [2.75, 3.05) is 14.2 Å². The molecule has 17 heavy (non-hydrogen) atoms. The molecule has 1 saturated carbocycles. The van der Waals surface area contributed by atoms with Gasteiger partial charge in [-0.2, -0.15) is 0 Å². The number of methoxy groups -OCH3 is 2. The Labute approximate surface area is 99.5 Å². The normalized spacial score (nSPS) is 25.2. The largest absolute Gasteiger partial charge is 0.496 e. The summed E-state index contributed by atoms with van der Waals surface area (Å²) in [7, 11) is 3.22. The van der Waals surface area contributed by atoms with E-state index in [1.807, 2.05) is 12.1 Å². The summed E-state index contributed by atoms with van der Waals surface area (Å²) in [5.41, 5.74) is 1.02. The molecule has 0 radical (unpaired) electrons. The predicted molar refractivity (Wildman–Crippen MR) is 60.9 cm³/mol. The van der Waals surface area contributed by atoms with Crippen molar-refractivity contribution in [2.45, 2.75) is 24.9 Å². The first-order chi connectivity index (χ1) is 8.24. The van der Waals surface area contributed by atoms with Crippen molar-refractivity contribution in [3.05, 3.63) is 17.7 Å². The molecular formula is C13H14O4. The maximum absolute atomic E-state index is 11.7. The van der Waals surface area contributed by atoms with E-state index in [0.29, 0.717) is 12.2 Å². The third-order valence-electron chi connectivity index (χ3n) is 3.54.